The molecule has 2 aromatic rings. The van der Waals surface area contributed by atoms with E-state index in [-0.39, 0.29) is 5.91 Å². The molecule has 1 fully saturated rings. The fraction of sp³-hybridized carbons (Fsp3) is 0.353. The molecular weight excluding hydrogens is 342 g/mol. The Morgan fingerprint density at radius 2 is 1.95 bits per heavy atom. The van der Waals surface area contributed by atoms with Gasteiger partial charge < -0.3 is 9.47 Å². The Labute approximate surface area is 139 Å². The average Bonchev–Trinajstić information content (AvgIpc) is 3.14. The summed E-state index contributed by atoms with van der Waals surface area (Å²) < 4.78 is 2.99. The van der Waals surface area contributed by atoms with Gasteiger partial charge in [-0.1, -0.05) is 44.2 Å². The molecule has 0 aliphatic carbocycles. The third-order valence-electron chi connectivity index (χ3n) is 4.19. The van der Waals surface area contributed by atoms with Gasteiger partial charge in [0.2, 0.25) is 0 Å². The third kappa shape index (κ3) is 2.20. The predicted molar refractivity (Wildman–Crippen MR) is 90.6 cm³/mol. The minimum atomic E-state index is -0.413. The van der Waals surface area contributed by atoms with Crippen molar-refractivity contribution in [3.8, 4) is 0 Å². The Morgan fingerprint density at radius 1 is 1.23 bits per heavy atom. The topological polar surface area (TPSA) is 37.3 Å². The monoisotopic (exact) mass is 361 g/mol. The number of hydrogen-bond acceptors (Lipinski definition) is 2. The van der Waals surface area contributed by atoms with E-state index in [0.29, 0.717) is 0 Å². The van der Waals surface area contributed by atoms with Gasteiger partial charge in [-0.2, -0.15) is 0 Å². The van der Waals surface area contributed by atoms with E-state index in [1.165, 1.54) is 0 Å². The first kappa shape index (κ1) is 15.3. The number of aromatic nitrogens is 1. The van der Waals surface area contributed by atoms with Crippen LogP contribution in [0.4, 0.5) is 0 Å². The minimum Gasteiger partial charge on any atom is -0.338 e. The molecule has 1 aromatic carbocycles. The molecule has 4 rings (SSSR count). The Hall–Kier alpha value is -1.59. The van der Waals surface area contributed by atoms with E-state index < -0.39 is 5.66 Å². The van der Waals surface area contributed by atoms with Crippen molar-refractivity contribution >= 4 is 21.8 Å². The molecule has 0 saturated carbocycles. The van der Waals surface area contributed by atoms with Crippen LogP contribution in [0.2, 0.25) is 0 Å². The third-order valence-corrected chi connectivity index (χ3v) is 4.63. The lowest BCUT2D eigenvalue weighted by Gasteiger charge is -2.42. The first-order valence-corrected chi connectivity index (χ1v) is 8.48. The highest BCUT2D eigenvalue weighted by Gasteiger charge is 2.49. The number of halogens is 1. The summed E-state index contributed by atoms with van der Waals surface area (Å²) in [5.41, 5.74) is 1.48. The lowest BCUT2D eigenvalue weighted by atomic mass is 9.96. The van der Waals surface area contributed by atoms with Crippen molar-refractivity contribution in [2.24, 2.45) is 0 Å². The molecule has 5 heteroatoms. The second kappa shape index (κ2) is 5.89. The summed E-state index contributed by atoms with van der Waals surface area (Å²) in [6.07, 6.45) is 1.98. The van der Waals surface area contributed by atoms with Crippen LogP contribution in [-0.4, -0.2) is 28.5 Å². The summed E-state index contributed by atoms with van der Waals surface area (Å²) in [5.74, 6) is 0.0933. The maximum atomic E-state index is 12.7. The fourth-order valence-corrected chi connectivity index (χ4v) is 3.77. The predicted octanol–water partition coefficient (Wildman–Crippen LogP) is 3.19. The SMILES string of the molecule is CC.O=C1c2cc(Br)cn2CC2(c3ccccc3)NCCN12. The molecule has 1 N–H and O–H groups in total. The zero-order valence-electron chi connectivity index (χ0n) is 12.8. The molecule has 1 aromatic heterocycles. The maximum Gasteiger partial charge on any atom is 0.272 e. The lowest BCUT2D eigenvalue weighted by molar-refractivity contribution is 0.0398. The summed E-state index contributed by atoms with van der Waals surface area (Å²) in [5, 5.41) is 3.54. The normalized spacial score (nSPS) is 22.7. The van der Waals surface area contributed by atoms with Crippen molar-refractivity contribution in [2.45, 2.75) is 26.1 Å². The van der Waals surface area contributed by atoms with Crippen molar-refractivity contribution in [2.75, 3.05) is 13.1 Å². The van der Waals surface area contributed by atoms with Crippen LogP contribution in [0, 0.1) is 0 Å². The van der Waals surface area contributed by atoms with Crippen LogP contribution in [0.3, 0.4) is 0 Å². The van der Waals surface area contributed by atoms with Crippen molar-refractivity contribution in [1.29, 1.82) is 0 Å². The minimum absolute atomic E-state index is 0.0933. The van der Waals surface area contributed by atoms with Gasteiger partial charge in [-0.05, 0) is 27.6 Å². The molecule has 1 amide bonds. The number of carbonyl (C=O) groups is 1. The number of nitrogens with one attached hydrogen (secondary N) is 1. The van der Waals surface area contributed by atoms with E-state index in [1.807, 2.05) is 53.8 Å². The average molecular weight is 362 g/mol. The summed E-state index contributed by atoms with van der Waals surface area (Å²) in [4.78, 5) is 14.7. The molecule has 4 nitrogen and oxygen atoms in total. The van der Waals surface area contributed by atoms with Gasteiger partial charge in [0.25, 0.3) is 5.91 Å². The molecule has 0 radical (unpaired) electrons. The number of amides is 1. The Kier molecular flexibility index (Phi) is 4.10. The highest BCUT2D eigenvalue weighted by atomic mass is 79.9. The summed E-state index contributed by atoms with van der Waals surface area (Å²) >= 11 is 3.46. The number of carbonyl (C=O) groups excluding carboxylic acids is 1. The molecule has 22 heavy (non-hydrogen) atoms. The van der Waals surface area contributed by atoms with Gasteiger partial charge >= 0.3 is 0 Å². The molecule has 116 valence electrons. The Balaban J connectivity index is 0.000000693. The number of hydrogen-bond donors (Lipinski definition) is 1. The molecule has 1 unspecified atom stereocenters. The Morgan fingerprint density at radius 3 is 2.68 bits per heavy atom. The smallest absolute Gasteiger partial charge is 0.272 e. The largest absolute Gasteiger partial charge is 0.338 e. The number of rotatable bonds is 1. The van der Waals surface area contributed by atoms with Crippen LogP contribution in [0.5, 0.6) is 0 Å². The molecule has 0 spiro atoms. The van der Waals surface area contributed by atoms with E-state index in [9.17, 15) is 4.79 Å². The van der Waals surface area contributed by atoms with Crippen molar-refractivity contribution in [1.82, 2.24) is 14.8 Å². The summed E-state index contributed by atoms with van der Waals surface area (Å²) in [6, 6.07) is 12.1. The number of fused-ring (bicyclic) bond motifs is 2. The van der Waals surface area contributed by atoms with Gasteiger partial charge in [-0.15, -0.1) is 0 Å². The molecule has 2 aliphatic heterocycles. The first-order chi connectivity index (χ1) is 10.7. The summed E-state index contributed by atoms with van der Waals surface area (Å²) in [6.45, 7) is 6.31. The van der Waals surface area contributed by atoms with Gasteiger partial charge in [-0.3, -0.25) is 10.1 Å². The lowest BCUT2D eigenvalue weighted by Crippen LogP contribution is -2.57. The van der Waals surface area contributed by atoms with Crippen LogP contribution >= 0.6 is 15.9 Å². The van der Waals surface area contributed by atoms with E-state index >= 15 is 0 Å². The van der Waals surface area contributed by atoms with Crippen LogP contribution in [0.25, 0.3) is 0 Å². The van der Waals surface area contributed by atoms with E-state index in [1.54, 1.807) is 0 Å². The van der Waals surface area contributed by atoms with Gasteiger partial charge in [0.1, 0.15) is 11.4 Å². The van der Waals surface area contributed by atoms with Crippen molar-refractivity contribution in [3.05, 3.63) is 58.3 Å². The quantitative estimate of drug-likeness (QED) is 0.846. The van der Waals surface area contributed by atoms with E-state index in [0.717, 1.165) is 35.4 Å². The molecule has 1 atom stereocenters. The number of benzene rings is 1. The highest BCUT2D eigenvalue weighted by Crippen LogP contribution is 2.37. The molecule has 0 bridgehead atoms. The van der Waals surface area contributed by atoms with Gasteiger partial charge in [0.15, 0.2) is 0 Å². The van der Waals surface area contributed by atoms with Crippen LogP contribution in [0.1, 0.15) is 29.9 Å². The second-order valence-corrected chi connectivity index (χ2v) is 6.20. The highest BCUT2D eigenvalue weighted by molar-refractivity contribution is 9.10. The molecular formula is C17H20BrN3O. The van der Waals surface area contributed by atoms with Crippen LogP contribution in [-0.2, 0) is 12.2 Å². The molecule has 3 heterocycles. The van der Waals surface area contributed by atoms with E-state index in [4.69, 9.17) is 0 Å². The second-order valence-electron chi connectivity index (χ2n) is 5.28. The summed E-state index contributed by atoms with van der Waals surface area (Å²) in [7, 11) is 0. The zero-order chi connectivity index (χ0) is 15.7. The first-order valence-electron chi connectivity index (χ1n) is 7.69. The van der Waals surface area contributed by atoms with Gasteiger partial charge in [0.05, 0.1) is 6.54 Å². The zero-order valence-corrected chi connectivity index (χ0v) is 14.4. The molecule has 1 saturated heterocycles. The number of nitrogens with zero attached hydrogens (tertiary/aromatic N) is 2. The van der Waals surface area contributed by atoms with Crippen molar-refractivity contribution in [3.63, 3.8) is 0 Å². The molecule has 2 aliphatic rings. The fourth-order valence-electron chi connectivity index (χ4n) is 3.31. The van der Waals surface area contributed by atoms with Gasteiger partial charge in [-0.25, -0.2) is 0 Å². The van der Waals surface area contributed by atoms with Crippen molar-refractivity contribution < 1.29 is 4.79 Å². The van der Waals surface area contributed by atoms with Gasteiger partial charge in [0, 0.05) is 23.8 Å². The standard InChI is InChI=1S/C15H14BrN3O.C2H6/c16-12-8-13-14(20)19-7-6-17-15(19,10-18(13)9-12)11-4-2-1-3-5-11;1-2/h1-5,8-9,17H,6-7,10H2;1-2H3. The Bertz CT molecular complexity index is 682. The maximum absolute atomic E-state index is 12.7. The van der Waals surface area contributed by atoms with Crippen LogP contribution < -0.4 is 5.32 Å². The van der Waals surface area contributed by atoms with Crippen LogP contribution in [0.15, 0.2) is 47.1 Å². The van der Waals surface area contributed by atoms with E-state index in [2.05, 4.69) is 33.4 Å².